The number of carbonyl (C=O) groups is 1. The molecule has 0 fully saturated rings. The second-order valence-electron chi connectivity index (χ2n) is 8.74. The second kappa shape index (κ2) is 11.3. The molecule has 1 amide bonds. The van der Waals surface area contributed by atoms with Crippen LogP contribution in [0.2, 0.25) is 0 Å². The van der Waals surface area contributed by atoms with Gasteiger partial charge in [0.25, 0.3) is 5.91 Å². The number of rotatable bonds is 10. The third-order valence-electron chi connectivity index (χ3n) is 6.06. The molecule has 3 aromatic carbocycles. The lowest BCUT2D eigenvalue weighted by Gasteiger charge is -2.23. The molecule has 0 aliphatic heterocycles. The quantitative estimate of drug-likeness (QED) is 0.272. The third-order valence-corrected chi connectivity index (χ3v) is 7.64. The van der Waals surface area contributed by atoms with E-state index in [2.05, 4.69) is 11.6 Å². The van der Waals surface area contributed by atoms with E-state index < -0.39 is 21.6 Å². The van der Waals surface area contributed by atoms with Crippen LogP contribution in [0.25, 0.3) is 0 Å². The highest BCUT2D eigenvalue weighted by molar-refractivity contribution is 7.90. The lowest BCUT2D eigenvalue weighted by Crippen LogP contribution is -2.32. The van der Waals surface area contributed by atoms with E-state index in [1.807, 2.05) is 49.4 Å². The van der Waals surface area contributed by atoms with Crippen molar-refractivity contribution in [2.75, 3.05) is 6.54 Å². The van der Waals surface area contributed by atoms with Crippen molar-refractivity contribution in [3.8, 4) is 0 Å². The SMILES string of the molecule is C=CCN(Cc1cnc(S(=O)(=O)Cc2ccccc2C)n1Cc1ccccc1)C(=O)c1ccccc1F. The second-order valence-corrected chi connectivity index (χ2v) is 10.6. The minimum Gasteiger partial charge on any atom is -0.329 e. The van der Waals surface area contributed by atoms with Gasteiger partial charge in [0.1, 0.15) is 5.82 Å². The zero-order valence-corrected chi connectivity index (χ0v) is 21.4. The van der Waals surface area contributed by atoms with E-state index in [-0.39, 0.29) is 36.1 Å². The average Bonchev–Trinajstić information content (AvgIpc) is 3.28. The molecule has 8 heteroatoms. The van der Waals surface area contributed by atoms with Crippen molar-refractivity contribution < 1.29 is 17.6 Å². The minimum atomic E-state index is -3.82. The summed E-state index contributed by atoms with van der Waals surface area (Å²) in [4.78, 5) is 18.9. The molecule has 0 saturated carbocycles. The zero-order chi connectivity index (χ0) is 26.4. The third kappa shape index (κ3) is 6.03. The standard InChI is InChI=1S/C29H28FN3O3S/c1-3-17-32(28(34)26-15-9-10-16-27(26)30)20-25-18-31-29(33(25)19-23-12-5-4-6-13-23)37(35,36)21-24-14-8-7-11-22(24)2/h3-16,18H,1,17,19-21H2,2H3. The maximum atomic E-state index is 14.4. The first kappa shape index (κ1) is 26.0. The van der Waals surface area contributed by atoms with Crippen LogP contribution in [0.15, 0.2) is 103 Å². The van der Waals surface area contributed by atoms with Gasteiger partial charge in [-0.15, -0.1) is 6.58 Å². The van der Waals surface area contributed by atoms with E-state index in [9.17, 15) is 17.6 Å². The molecule has 4 aromatic rings. The number of hydrogen-bond acceptors (Lipinski definition) is 4. The van der Waals surface area contributed by atoms with Gasteiger partial charge in [-0.2, -0.15) is 0 Å². The number of imidazole rings is 1. The van der Waals surface area contributed by atoms with Crippen LogP contribution in [0.5, 0.6) is 0 Å². The summed E-state index contributed by atoms with van der Waals surface area (Å²) in [5, 5.41) is -0.0773. The van der Waals surface area contributed by atoms with Gasteiger partial charge in [0.05, 0.1) is 36.3 Å². The first-order chi connectivity index (χ1) is 17.8. The van der Waals surface area contributed by atoms with E-state index in [1.54, 1.807) is 28.8 Å². The zero-order valence-electron chi connectivity index (χ0n) is 20.5. The van der Waals surface area contributed by atoms with Crippen molar-refractivity contribution in [3.63, 3.8) is 0 Å². The maximum Gasteiger partial charge on any atom is 0.257 e. The first-order valence-electron chi connectivity index (χ1n) is 11.8. The number of hydrogen-bond donors (Lipinski definition) is 0. The Balaban J connectivity index is 1.74. The van der Waals surface area contributed by atoms with Gasteiger partial charge in [-0.05, 0) is 35.7 Å². The Labute approximate surface area is 216 Å². The van der Waals surface area contributed by atoms with Gasteiger partial charge < -0.3 is 9.47 Å². The number of benzene rings is 3. The normalized spacial score (nSPS) is 11.3. The van der Waals surface area contributed by atoms with E-state index >= 15 is 0 Å². The van der Waals surface area contributed by atoms with Crippen LogP contribution in [0.4, 0.5) is 4.39 Å². The van der Waals surface area contributed by atoms with Gasteiger partial charge in [-0.3, -0.25) is 4.79 Å². The summed E-state index contributed by atoms with van der Waals surface area (Å²) in [7, 11) is -3.82. The number of aromatic nitrogens is 2. The summed E-state index contributed by atoms with van der Waals surface area (Å²) in [6, 6.07) is 22.5. The molecular formula is C29H28FN3O3S. The summed E-state index contributed by atoms with van der Waals surface area (Å²) in [5.74, 6) is -1.34. The highest BCUT2D eigenvalue weighted by Gasteiger charge is 2.27. The van der Waals surface area contributed by atoms with Gasteiger partial charge >= 0.3 is 0 Å². The van der Waals surface area contributed by atoms with E-state index in [0.29, 0.717) is 11.3 Å². The van der Waals surface area contributed by atoms with E-state index in [0.717, 1.165) is 11.1 Å². The summed E-state index contributed by atoms with van der Waals surface area (Å²) < 4.78 is 43.1. The van der Waals surface area contributed by atoms with E-state index in [1.165, 1.54) is 29.3 Å². The number of carbonyl (C=O) groups excluding carboxylic acids is 1. The van der Waals surface area contributed by atoms with E-state index in [4.69, 9.17) is 0 Å². The molecule has 37 heavy (non-hydrogen) atoms. The Bertz CT molecular complexity index is 1510. The highest BCUT2D eigenvalue weighted by Crippen LogP contribution is 2.22. The molecule has 0 saturated heterocycles. The van der Waals surface area contributed by atoms with Crippen molar-refractivity contribution in [3.05, 3.63) is 131 Å². The fourth-order valence-electron chi connectivity index (χ4n) is 4.12. The Morgan fingerprint density at radius 3 is 2.41 bits per heavy atom. The first-order valence-corrected chi connectivity index (χ1v) is 13.5. The number of aryl methyl sites for hydroxylation is 1. The fraction of sp³-hybridized carbons (Fsp3) is 0.172. The van der Waals surface area contributed by atoms with Crippen molar-refractivity contribution >= 4 is 15.7 Å². The monoisotopic (exact) mass is 517 g/mol. The van der Waals surface area contributed by atoms with Crippen molar-refractivity contribution in [2.24, 2.45) is 0 Å². The molecule has 190 valence electrons. The summed E-state index contributed by atoms with van der Waals surface area (Å²) in [6.45, 7) is 6.01. The molecule has 1 heterocycles. The molecule has 0 radical (unpaired) electrons. The molecule has 4 rings (SSSR count). The molecule has 0 aliphatic rings. The molecule has 0 aliphatic carbocycles. The minimum absolute atomic E-state index is 0.0267. The van der Waals surface area contributed by atoms with Crippen LogP contribution in [0.1, 0.15) is 32.7 Å². The van der Waals surface area contributed by atoms with Gasteiger partial charge in [-0.1, -0.05) is 72.8 Å². The predicted octanol–water partition coefficient (Wildman–Crippen LogP) is 5.18. The largest absolute Gasteiger partial charge is 0.329 e. The Hall–Kier alpha value is -4.04. The Morgan fingerprint density at radius 2 is 1.70 bits per heavy atom. The van der Waals surface area contributed by atoms with Crippen molar-refractivity contribution in [2.45, 2.75) is 30.9 Å². The number of halogens is 1. The smallest absolute Gasteiger partial charge is 0.257 e. The van der Waals surface area contributed by atoms with Crippen LogP contribution >= 0.6 is 0 Å². The molecule has 0 bridgehead atoms. The summed E-state index contributed by atoms with van der Waals surface area (Å²) >= 11 is 0. The molecule has 6 nitrogen and oxygen atoms in total. The molecular weight excluding hydrogens is 489 g/mol. The summed E-state index contributed by atoms with van der Waals surface area (Å²) in [5.41, 5.74) is 2.90. The topological polar surface area (TPSA) is 72.3 Å². The lowest BCUT2D eigenvalue weighted by atomic mass is 10.1. The Morgan fingerprint density at radius 1 is 1.03 bits per heavy atom. The van der Waals surface area contributed by atoms with Gasteiger partial charge in [0.15, 0.2) is 0 Å². The number of sulfone groups is 1. The van der Waals surface area contributed by atoms with Gasteiger partial charge in [-0.25, -0.2) is 17.8 Å². The molecule has 0 N–H and O–H groups in total. The van der Waals surface area contributed by atoms with Gasteiger partial charge in [0.2, 0.25) is 15.0 Å². The van der Waals surface area contributed by atoms with Crippen molar-refractivity contribution in [1.29, 1.82) is 0 Å². The molecule has 0 spiro atoms. The van der Waals surface area contributed by atoms with Gasteiger partial charge in [0, 0.05) is 6.54 Å². The predicted molar refractivity (Wildman–Crippen MR) is 141 cm³/mol. The number of nitrogens with zero attached hydrogens (tertiary/aromatic N) is 3. The number of amides is 1. The van der Waals surface area contributed by atoms with Crippen LogP contribution < -0.4 is 0 Å². The van der Waals surface area contributed by atoms with Crippen molar-refractivity contribution in [1.82, 2.24) is 14.5 Å². The van der Waals surface area contributed by atoms with Crippen LogP contribution in [0.3, 0.4) is 0 Å². The Kier molecular flexibility index (Phi) is 7.98. The molecule has 1 aromatic heterocycles. The fourth-order valence-corrected chi connectivity index (χ4v) is 5.71. The highest BCUT2D eigenvalue weighted by atomic mass is 32.2. The molecule has 0 atom stereocenters. The lowest BCUT2D eigenvalue weighted by molar-refractivity contribution is 0.0754. The summed E-state index contributed by atoms with van der Waals surface area (Å²) in [6.07, 6.45) is 3.02. The average molecular weight is 518 g/mol. The van der Waals surface area contributed by atoms with Crippen LogP contribution in [-0.2, 0) is 28.7 Å². The molecule has 0 unspecified atom stereocenters. The van der Waals surface area contributed by atoms with Crippen LogP contribution in [0, 0.1) is 12.7 Å². The maximum absolute atomic E-state index is 14.4. The van der Waals surface area contributed by atoms with Crippen LogP contribution in [-0.4, -0.2) is 35.3 Å².